The third kappa shape index (κ3) is 3.80. The van der Waals surface area contributed by atoms with Gasteiger partial charge in [0.1, 0.15) is 17.0 Å². The van der Waals surface area contributed by atoms with Gasteiger partial charge in [-0.05, 0) is 31.4 Å². The zero-order valence-electron chi connectivity index (χ0n) is 14.9. The van der Waals surface area contributed by atoms with E-state index in [9.17, 15) is 27.9 Å². The first-order valence-electron chi connectivity index (χ1n) is 8.84. The lowest BCUT2D eigenvalue weighted by Crippen LogP contribution is -2.30. The smallest absolute Gasteiger partial charge is 0.433 e. The van der Waals surface area contributed by atoms with Gasteiger partial charge >= 0.3 is 6.18 Å². The maximum atomic E-state index is 13.0. The van der Waals surface area contributed by atoms with Crippen molar-refractivity contribution in [1.82, 2.24) is 4.98 Å². The third-order valence-corrected chi connectivity index (χ3v) is 5.05. The Morgan fingerprint density at radius 1 is 1.25 bits per heavy atom. The number of terminal acetylenes is 1. The zero-order valence-corrected chi connectivity index (χ0v) is 14.9. The van der Waals surface area contributed by atoms with E-state index >= 15 is 0 Å². The van der Waals surface area contributed by atoms with Gasteiger partial charge in [0.05, 0.1) is 18.9 Å². The van der Waals surface area contributed by atoms with Crippen LogP contribution in [0.4, 0.5) is 13.2 Å². The van der Waals surface area contributed by atoms with Gasteiger partial charge in [-0.3, -0.25) is 9.59 Å². The Bertz CT molecular complexity index is 858. The Morgan fingerprint density at radius 2 is 1.89 bits per heavy atom. The molecule has 2 saturated carbocycles. The van der Waals surface area contributed by atoms with Crippen LogP contribution >= 0.6 is 0 Å². The Kier molecular flexibility index (Phi) is 5.57. The van der Waals surface area contributed by atoms with Crippen LogP contribution in [0.3, 0.4) is 0 Å². The number of aromatic nitrogens is 1. The normalized spacial score (nSPS) is 21.7. The molecule has 0 aliphatic heterocycles. The van der Waals surface area contributed by atoms with Crippen molar-refractivity contribution in [2.24, 2.45) is 11.8 Å². The van der Waals surface area contributed by atoms with Crippen LogP contribution in [0.2, 0.25) is 0 Å². The summed E-state index contributed by atoms with van der Waals surface area (Å²) in [5.74, 6) is 0.101. The number of nitrogens with zero attached hydrogens (tertiary/aromatic N) is 1. The van der Waals surface area contributed by atoms with Gasteiger partial charge in [0.2, 0.25) is 0 Å². The minimum Gasteiger partial charge on any atom is -0.506 e. The number of aliphatic hydroxyl groups excluding tert-OH is 1. The minimum atomic E-state index is -4.69. The highest BCUT2D eigenvalue weighted by Crippen LogP contribution is 2.42. The molecule has 28 heavy (non-hydrogen) atoms. The highest BCUT2D eigenvalue weighted by atomic mass is 19.4. The standard InChI is InChI=1S/C20H18F3NO4/c1-2-3-8-28-10-14-13(6-7-15(24-14)20(21,22)23)19(27)16-17(25)11-4-5-12(9-11)18(16)26/h1,6-7,11-12,27H,3-5,8-10H2. The molecule has 2 bridgehead atoms. The second-order valence-electron chi connectivity index (χ2n) is 6.85. The number of hydrogen-bond donors (Lipinski definition) is 1. The molecule has 3 rings (SSSR count). The van der Waals surface area contributed by atoms with Gasteiger partial charge in [0, 0.05) is 23.8 Å². The quantitative estimate of drug-likeness (QED) is 0.273. The third-order valence-electron chi connectivity index (χ3n) is 5.05. The van der Waals surface area contributed by atoms with Crippen molar-refractivity contribution in [2.45, 2.75) is 38.5 Å². The Balaban J connectivity index is 2.03. The molecule has 0 aromatic carbocycles. The lowest BCUT2D eigenvalue weighted by Gasteiger charge is -2.21. The molecule has 148 valence electrons. The summed E-state index contributed by atoms with van der Waals surface area (Å²) in [7, 11) is 0. The van der Waals surface area contributed by atoms with Crippen molar-refractivity contribution in [1.29, 1.82) is 0 Å². The van der Waals surface area contributed by atoms with Gasteiger partial charge < -0.3 is 9.84 Å². The predicted molar refractivity (Wildman–Crippen MR) is 92.7 cm³/mol. The van der Waals surface area contributed by atoms with Crippen molar-refractivity contribution in [3.05, 3.63) is 34.7 Å². The lowest BCUT2D eigenvalue weighted by atomic mass is 9.81. The predicted octanol–water partition coefficient (Wildman–Crippen LogP) is 3.48. The van der Waals surface area contributed by atoms with Crippen molar-refractivity contribution in [2.75, 3.05) is 6.61 Å². The van der Waals surface area contributed by atoms with Gasteiger partial charge in [-0.15, -0.1) is 12.3 Å². The Morgan fingerprint density at radius 3 is 2.46 bits per heavy atom. The lowest BCUT2D eigenvalue weighted by molar-refractivity contribution is -0.141. The number of rotatable bonds is 5. The molecule has 0 saturated heterocycles. The molecule has 2 atom stereocenters. The van der Waals surface area contributed by atoms with Crippen molar-refractivity contribution < 1.29 is 32.6 Å². The van der Waals surface area contributed by atoms with Gasteiger partial charge in [-0.2, -0.15) is 13.2 Å². The molecule has 1 N–H and O–H groups in total. The summed E-state index contributed by atoms with van der Waals surface area (Å²) >= 11 is 0. The fourth-order valence-corrected chi connectivity index (χ4v) is 3.64. The summed E-state index contributed by atoms with van der Waals surface area (Å²) in [5, 5.41) is 10.7. The maximum Gasteiger partial charge on any atom is 0.433 e. The number of hydrogen-bond acceptors (Lipinski definition) is 5. The maximum absolute atomic E-state index is 13.0. The summed E-state index contributed by atoms with van der Waals surface area (Å²) in [4.78, 5) is 28.6. The van der Waals surface area contributed by atoms with Crippen LogP contribution in [-0.2, 0) is 27.1 Å². The first kappa shape index (κ1) is 20.1. The number of allylic oxidation sites excluding steroid dienone is 1. The number of halogens is 3. The fraction of sp³-hybridized carbons (Fsp3) is 0.450. The second kappa shape index (κ2) is 7.76. The fourth-order valence-electron chi connectivity index (χ4n) is 3.64. The summed E-state index contributed by atoms with van der Waals surface area (Å²) in [5.41, 5.74) is -1.83. The molecule has 1 aromatic rings. The van der Waals surface area contributed by atoms with Crippen LogP contribution in [-0.4, -0.2) is 28.3 Å². The first-order chi connectivity index (χ1) is 13.2. The number of Topliss-reactive ketones (excluding diaryl/α,β-unsaturated/α-hetero) is 2. The molecular formula is C20H18F3NO4. The monoisotopic (exact) mass is 393 g/mol. The molecule has 2 aliphatic carbocycles. The van der Waals surface area contributed by atoms with Crippen LogP contribution in [0.15, 0.2) is 17.7 Å². The summed E-state index contributed by atoms with van der Waals surface area (Å²) in [6.45, 7) is -0.263. The molecule has 2 unspecified atom stereocenters. The van der Waals surface area contributed by atoms with Gasteiger partial charge in [-0.25, -0.2) is 4.98 Å². The van der Waals surface area contributed by atoms with E-state index < -0.39 is 29.2 Å². The number of ether oxygens (including phenoxy) is 1. The summed E-state index contributed by atoms with van der Waals surface area (Å²) < 4.78 is 44.3. The number of carbonyl (C=O) groups excluding carboxylic acids is 2. The Labute approximate surface area is 159 Å². The SMILES string of the molecule is C#CCCOCc1nc(C(F)(F)F)ccc1C(O)=C1C(=O)C2CCC(C2)C1=O. The molecular weight excluding hydrogens is 375 g/mol. The minimum absolute atomic E-state index is 0.0905. The average Bonchev–Trinajstić information content (AvgIpc) is 3.10. The number of carbonyl (C=O) groups is 2. The van der Waals surface area contributed by atoms with Gasteiger partial charge in [0.15, 0.2) is 11.6 Å². The van der Waals surface area contributed by atoms with E-state index in [-0.39, 0.29) is 48.3 Å². The number of pyridine rings is 1. The molecule has 5 nitrogen and oxygen atoms in total. The first-order valence-corrected chi connectivity index (χ1v) is 8.84. The number of ketones is 2. The molecule has 0 radical (unpaired) electrons. The van der Waals surface area contributed by atoms with E-state index in [4.69, 9.17) is 11.2 Å². The zero-order chi connectivity index (χ0) is 20.5. The molecule has 0 spiro atoms. The molecule has 1 heterocycles. The topological polar surface area (TPSA) is 76.5 Å². The largest absolute Gasteiger partial charge is 0.506 e. The van der Waals surface area contributed by atoms with E-state index in [1.165, 1.54) is 0 Å². The average molecular weight is 393 g/mol. The van der Waals surface area contributed by atoms with Gasteiger partial charge in [0.25, 0.3) is 0 Å². The highest BCUT2D eigenvalue weighted by Gasteiger charge is 2.45. The van der Waals surface area contributed by atoms with E-state index in [0.29, 0.717) is 25.3 Å². The number of aliphatic hydroxyl groups is 1. The molecule has 1 aromatic heterocycles. The van der Waals surface area contributed by atoms with Gasteiger partial charge in [-0.1, -0.05) is 0 Å². The summed E-state index contributed by atoms with van der Waals surface area (Å²) in [6, 6.07) is 1.71. The van der Waals surface area contributed by atoms with E-state index in [2.05, 4.69) is 10.9 Å². The summed E-state index contributed by atoms with van der Waals surface area (Å²) in [6.07, 6.45) is 2.27. The molecule has 2 fully saturated rings. The molecule has 2 aliphatic rings. The van der Waals surface area contributed by atoms with E-state index in [1.54, 1.807) is 0 Å². The molecule has 8 heteroatoms. The van der Waals surface area contributed by atoms with Crippen LogP contribution in [0.25, 0.3) is 5.76 Å². The van der Waals surface area contributed by atoms with Crippen LogP contribution in [0.5, 0.6) is 0 Å². The van der Waals surface area contributed by atoms with Crippen LogP contribution < -0.4 is 0 Å². The Hall–Kier alpha value is -2.66. The van der Waals surface area contributed by atoms with E-state index in [0.717, 1.165) is 6.07 Å². The van der Waals surface area contributed by atoms with Crippen molar-refractivity contribution >= 4 is 17.3 Å². The van der Waals surface area contributed by atoms with Crippen molar-refractivity contribution in [3.8, 4) is 12.3 Å². The van der Waals surface area contributed by atoms with Crippen molar-refractivity contribution in [3.63, 3.8) is 0 Å². The van der Waals surface area contributed by atoms with Crippen LogP contribution in [0.1, 0.15) is 42.6 Å². The van der Waals surface area contributed by atoms with Crippen LogP contribution in [0, 0.1) is 24.2 Å². The molecule has 0 amide bonds. The highest BCUT2D eigenvalue weighted by molar-refractivity contribution is 6.27. The number of alkyl halides is 3. The number of fused-ring (bicyclic) bond motifs is 2. The second-order valence-corrected chi connectivity index (χ2v) is 6.85. The van der Waals surface area contributed by atoms with E-state index in [1.807, 2.05) is 0 Å².